The van der Waals surface area contributed by atoms with Gasteiger partial charge in [0, 0.05) is 13.0 Å². The predicted molar refractivity (Wildman–Crippen MR) is 152 cm³/mol. The first-order valence-electron chi connectivity index (χ1n) is 13.6. The van der Waals surface area contributed by atoms with Crippen molar-refractivity contribution < 1.29 is 23.1 Å². The van der Waals surface area contributed by atoms with Crippen LogP contribution in [0.15, 0.2) is 71.5 Å². The summed E-state index contributed by atoms with van der Waals surface area (Å²) in [6, 6.07) is 18.1. The van der Waals surface area contributed by atoms with Crippen LogP contribution in [0.4, 0.5) is 13.2 Å². The van der Waals surface area contributed by atoms with E-state index in [0.717, 1.165) is 23.6 Å². The number of benzene rings is 3. The third-order valence-electron chi connectivity index (χ3n) is 7.13. The maximum absolute atomic E-state index is 13.3. The normalized spacial score (nSPS) is 12.1. The van der Waals surface area contributed by atoms with Gasteiger partial charge in [-0.25, -0.2) is 14.3 Å². The number of carbonyl (C=O) groups is 1. The first-order chi connectivity index (χ1) is 19.3. The first-order valence-corrected chi connectivity index (χ1v) is 13.6. The molecule has 3 aromatic carbocycles. The molecule has 6 nitrogen and oxygen atoms in total. The fourth-order valence-corrected chi connectivity index (χ4v) is 4.77. The van der Waals surface area contributed by atoms with Gasteiger partial charge in [-0.1, -0.05) is 69.3 Å². The van der Waals surface area contributed by atoms with E-state index in [9.17, 15) is 27.9 Å². The van der Waals surface area contributed by atoms with Crippen molar-refractivity contribution in [1.29, 1.82) is 0 Å². The molecule has 1 heterocycles. The molecule has 41 heavy (non-hydrogen) atoms. The average molecular weight is 566 g/mol. The fraction of sp³-hybridized carbons (Fsp3) is 0.344. The standard InChI is InChI=1S/C32H34F3N3O3/c1-5-37-28(36-38(30(37)41)20-22-11-15-26(16-12-22)31(2,3)4)8-6-7-21-9-13-23(14-10-21)24-17-25(29(39)40)19-27(18-24)32(33,34)35/h9-19H,5-8,20H2,1-4H3,(H,39,40). The summed E-state index contributed by atoms with van der Waals surface area (Å²) >= 11 is 0. The molecule has 0 atom stereocenters. The highest BCUT2D eigenvalue weighted by Crippen LogP contribution is 2.33. The molecule has 0 aliphatic carbocycles. The van der Waals surface area contributed by atoms with E-state index in [1.54, 1.807) is 16.7 Å². The average Bonchev–Trinajstić information content (AvgIpc) is 3.21. The largest absolute Gasteiger partial charge is 0.478 e. The van der Waals surface area contributed by atoms with Crippen LogP contribution >= 0.6 is 0 Å². The van der Waals surface area contributed by atoms with Crippen molar-refractivity contribution in [2.75, 3.05) is 0 Å². The predicted octanol–water partition coefficient (Wildman–Crippen LogP) is 6.97. The molecule has 0 aliphatic heterocycles. The van der Waals surface area contributed by atoms with Crippen molar-refractivity contribution in [2.24, 2.45) is 0 Å². The third-order valence-corrected chi connectivity index (χ3v) is 7.13. The maximum Gasteiger partial charge on any atom is 0.416 e. The molecule has 0 aliphatic rings. The monoisotopic (exact) mass is 565 g/mol. The Labute approximate surface area is 237 Å². The molecule has 0 saturated carbocycles. The molecule has 9 heteroatoms. The lowest BCUT2D eigenvalue weighted by molar-refractivity contribution is -0.137. The van der Waals surface area contributed by atoms with E-state index >= 15 is 0 Å². The Morgan fingerprint density at radius 3 is 2.05 bits per heavy atom. The number of aromatic nitrogens is 3. The van der Waals surface area contributed by atoms with Gasteiger partial charge >= 0.3 is 17.8 Å². The van der Waals surface area contributed by atoms with Gasteiger partial charge in [0.1, 0.15) is 5.82 Å². The topological polar surface area (TPSA) is 77.1 Å². The van der Waals surface area contributed by atoms with Gasteiger partial charge in [0.05, 0.1) is 17.7 Å². The summed E-state index contributed by atoms with van der Waals surface area (Å²) in [5.74, 6) is -0.703. The second kappa shape index (κ2) is 11.8. The molecule has 0 spiro atoms. The summed E-state index contributed by atoms with van der Waals surface area (Å²) in [6.45, 7) is 9.29. The van der Waals surface area contributed by atoms with E-state index in [1.165, 1.54) is 16.3 Å². The number of hydrogen-bond acceptors (Lipinski definition) is 3. The molecular formula is C32H34F3N3O3. The fourth-order valence-electron chi connectivity index (χ4n) is 4.77. The van der Waals surface area contributed by atoms with Crippen molar-refractivity contribution in [3.05, 3.63) is 111 Å². The molecule has 0 amide bonds. The summed E-state index contributed by atoms with van der Waals surface area (Å²) in [7, 11) is 0. The second-order valence-corrected chi connectivity index (χ2v) is 11.2. The summed E-state index contributed by atoms with van der Waals surface area (Å²) in [6.07, 6.45) is -2.65. The number of hydrogen-bond donors (Lipinski definition) is 1. The molecule has 0 fully saturated rings. The minimum absolute atomic E-state index is 0.0503. The molecule has 0 bridgehead atoms. The van der Waals surface area contributed by atoms with E-state index in [4.69, 9.17) is 0 Å². The van der Waals surface area contributed by atoms with Crippen LogP contribution in [0.25, 0.3) is 11.1 Å². The number of aromatic carboxylic acids is 1. The van der Waals surface area contributed by atoms with Gasteiger partial charge in [-0.05, 0) is 71.2 Å². The Morgan fingerprint density at radius 2 is 1.49 bits per heavy atom. The van der Waals surface area contributed by atoms with Crippen LogP contribution in [0.2, 0.25) is 0 Å². The molecule has 0 saturated heterocycles. The molecule has 0 radical (unpaired) electrons. The lowest BCUT2D eigenvalue weighted by Crippen LogP contribution is -2.25. The summed E-state index contributed by atoms with van der Waals surface area (Å²) in [5, 5.41) is 13.9. The molecule has 1 N–H and O–H groups in total. The van der Waals surface area contributed by atoms with Gasteiger partial charge in [-0.2, -0.15) is 18.3 Å². The Hall–Kier alpha value is -4.14. The van der Waals surface area contributed by atoms with Gasteiger partial charge < -0.3 is 5.11 Å². The zero-order chi connectivity index (χ0) is 29.9. The molecule has 216 valence electrons. The number of aryl methyl sites for hydroxylation is 2. The Balaban J connectivity index is 1.43. The maximum atomic E-state index is 13.3. The second-order valence-electron chi connectivity index (χ2n) is 11.2. The zero-order valence-corrected chi connectivity index (χ0v) is 23.6. The summed E-state index contributed by atoms with van der Waals surface area (Å²) < 4.78 is 43.1. The van der Waals surface area contributed by atoms with E-state index in [1.807, 2.05) is 31.2 Å². The molecular weight excluding hydrogens is 531 g/mol. The highest BCUT2D eigenvalue weighted by atomic mass is 19.4. The zero-order valence-electron chi connectivity index (χ0n) is 23.6. The summed E-state index contributed by atoms with van der Waals surface area (Å²) in [4.78, 5) is 24.3. The Bertz CT molecular complexity index is 1580. The molecule has 1 aromatic heterocycles. The van der Waals surface area contributed by atoms with Gasteiger partial charge in [-0.3, -0.25) is 4.57 Å². The van der Waals surface area contributed by atoms with Crippen molar-refractivity contribution in [3.63, 3.8) is 0 Å². The van der Waals surface area contributed by atoms with Gasteiger partial charge in [0.2, 0.25) is 0 Å². The van der Waals surface area contributed by atoms with Crippen LogP contribution in [-0.4, -0.2) is 25.4 Å². The van der Waals surface area contributed by atoms with Crippen molar-refractivity contribution in [1.82, 2.24) is 14.3 Å². The number of rotatable bonds is 9. The van der Waals surface area contributed by atoms with Gasteiger partial charge in [0.15, 0.2) is 0 Å². The van der Waals surface area contributed by atoms with Crippen LogP contribution in [0.3, 0.4) is 0 Å². The highest BCUT2D eigenvalue weighted by Gasteiger charge is 2.32. The van der Waals surface area contributed by atoms with Gasteiger partial charge in [0.25, 0.3) is 0 Å². The molecule has 4 aromatic rings. The van der Waals surface area contributed by atoms with E-state index in [0.29, 0.717) is 43.4 Å². The van der Waals surface area contributed by atoms with Crippen molar-refractivity contribution in [2.45, 2.75) is 71.6 Å². The van der Waals surface area contributed by atoms with Crippen LogP contribution in [0.5, 0.6) is 0 Å². The Morgan fingerprint density at radius 1 is 0.854 bits per heavy atom. The number of nitrogens with zero attached hydrogens (tertiary/aromatic N) is 3. The van der Waals surface area contributed by atoms with Crippen molar-refractivity contribution in [3.8, 4) is 11.1 Å². The smallest absolute Gasteiger partial charge is 0.416 e. The quantitative estimate of drug-likeness (QED) is 0.238. The van der Waals surface area contributed by atoms with E-state index in [-0.39, 0.29) is 16.7 Å². The van der Waals surface area contributed by atoms with Gasteiger partial charge in [-0.15, -0.1) is 0 Å². The van der Waals surface area contributed by atoms with E-state index in [2.05, 4.69) is 38.0 Å². The number of carboxylic acids is 1. The van der Waals surface area contributed by atoms with Crippen LogP contribution in [0.1, 0.15) is 72.6 Å². The Kier molecular flexibility index (Phi) is 8.56. The number of alkyl halides is 3. The lowest BCUT2D eigenvalue weighted by Gasteiger charge is -2.19. The minimum Gasteiger partial charge on any atom is -0.478 e. The number of halogens is 3. The molecule has 0 unspecified atom stereocenters. The lowest BCUT2D eigenvalue weighted by atomic mass is 9.87. The first kappa shape index (κ1) is 29.8. The van der Waals surface area contributed by atoms with Crippen LogP contribution in [0, 0.1) is 0 Å². The van der Waals surface area contributed by atoms with Crippen LogP contribution < -0.4 is 5.69 Å². The third kappa shape index (κ3) is 7.14. The van der Waals surface area contributed by atoms with Crippen molar-refractivity contribution >= 4 is 5.97 Å². The highest BCUT2D eigenvalue weighted by molar-refractivity contribution is 5.90. The van der Waals surface area contributed by atoms with E-state index < -0.39 is 23.3 Å². The summed E-state index contributed by atoms with van der Waals surface area (Å²) in [5.41, 5.74) is 2.38. The number of carboxylic acid groups (broad SMARTS) is 1. The molecule has 4 rings (SSSR count). The van der Waals surface area contributed by atoms with Crippen LogP contribution in [-0.2, 0) is 37.5 Å². The SMILES string of the molecule is CCn1c(CCCc2ccc(-c3cc(C(=O)O)cc(C(F)(F)F)c3)cc2)nn(Cc2ccc(C(C)(C)C)cc2)c1=O. The minimum atomic E-state index is -4.65.